The maximum Gasteiger partial charge on any atom is 0.266 e. The fourth-order valence-corrected chi connectivity index (χ4v) is 3.27. The summed E-state index contributed by atoms with van der Waals surface area (Å²) in [5.41, 5.74) is 1.37. The number of aromatic nitrogens is 1. The van der Waals surface area contributed by atoms with Gasteiger partial charge in [0.2, 0.25) is 0 Å². The number of carbonyl (C=O) groups is 1. The highest BCUT2D eigenvalue weighted by Gasteiger charge is 2.30. The third kappa shape index (κ3) is 3.42. The minimum Gasteiger partial charge on any atom is -0.290 e. The number of amidine groups is 1. The fraction of sp³-hybridized carbons (Fsp3) is 0.0625. The first kappa shape index (κ1) is 16.1. The first-order chi connectivity index (χ1) is 11.1. The number of thioether (sulfide) groups is 1. The van der Waals surface area contributed by atoms with Crippen LogP contribution in [0.15, 0.2) is 52.6 Å². The van der Waals surface area contributed by atoms with E-state index in [-0.39, 0.29) is 5.91 Å². The molecule has 116 valence electrons. The molecule has 0 N–H and O–H groups in total. The number of amides is 1. The van der Waals surface area contributed by atoms with Crippen molar-refractivity contribution in [3.05, 3.63) is 63.2 Å². The maximum atomic E-state index is 12.4. The topological polar surface area (TPSA) is 45.6 Å². The van der Waals surface area contributed by atoms with Crippen LogP contribution in [-0.2, 0) is 4.79 Å². The van der Waals surface area contributed by atoms with Crippen LogP contribution in [0, 0.1) is 0 Å². The van der Waals surface area contributed by atoms with Crippen LogP contribution >= 0.6 is 35.0 Å². The van der Waals surface area contributed by atoms with Gasteiger partial charge in [-0.05, 0) is 35.5 Å². The van der Waals surface area contributed by atoms with Gasteiger partial charge in [0.05, 0.1) is 15.6 Å². The van der Waals surface area contributed by atoms with Crippen molar-refractivity contribution in [1.29, 1.82) is 0 Å². The summed E-state index contributed by atoms with van der Waals surface area (Å²) in [5, 5.41) is 1.59. The lowest BCUT2D eigenvalue weighted by molar-refractivity contribution is -0.121. The number of carbonyl (C=O) groups excluding carboxylic acids is 1. The molecule has 0 atom stereocenters. The van der Waals surface area contributed by atoms with Crippen LogP contribution < -0.4 is 0 Å². The molecule has 1 aromatic carbocycles. The second-order valence-corrected chi connectivity index (χ2v) is 6.54. The molecule has 1 aliphatic rings. The summed E-state index contributed by atoms with van der Waals surface area (Å²) in [7, 11) is 1.68. The third-order valence-electron chi connectivity index (χ3n) is 3.16. The van der Waals surface area contributed by atoms with Crippen molar-refractivity contribution in [3.8, 4) is 0 Å². The summed E-state index contributed by atoms with van der Waals surface area (Å²) in [6.07, 6.45) is 4.89. The van der Waals surface area contributed by atoms with Crippen LogP contribution in [0.4, 0.5) is 5.69 Å². The summed E-state index contributed by atoms with van der Waals surface area (Å²) in [6, 6.07) is 9.06. The minimum absolute atomic E-state index is 0.126. The number of halogens is 2. The first-order valence-corrected chi connectivity index (χ1v) is 8.24. The SMILES string of the molecule is CN1C(=O)/C(=C/c2ccccc2Cl)SC1=Nc1ccncc1Cl. The summed E-state index contributed by atoms with van der Waals surface area (Å²) < 4.78 is 0. The summed E-state index contributed by atoms with van der Waals surface area (Å²) in [5.74, 6) is -0.126. The molecular formula is C16H11Cl2N3OS. The molecule has 1 fully saturated rings. The van der Waals surface area contributed by atoms with Crippen molar-refractivity contribution >= 4 is 57.8 Å². The van der Waals surface area contributed by atoms with Gasteiger partial charge in [-0.1, -0.05) is 41.4 Å². The van der Waals surface area contributed by atoms with Crippen molar-refractivity contribution in [2.45, 2.75) is 0 Å². The third-order valence-corrected chi connectivity index (χ3v) is 4.86. The lowest BCUT2D eigenvalue weighted by Crippen LogP contribution is -2.23. The Kier molecular flexibility index (Phi) is 4.71. The number of likely N-dealkylation sites (N-methyl/N-ethyl adjacent to an activating group) is 1. The standard InChI is InChI=1S/C16H11Cl2N3OS/c1-21-15(22)14(8-10-4-2-3-5-11(10)17)23-16(21)20-13-6-7-19-9-12(13)18/h2-9H,1H3/b14-8-,20-16?. The quantitative estimate of drug-likeness (QED) is 0.731. The van der Waals surface area contributed by atoms with E-state index in [4.69, 9.17) is 23.2 Å². The van der Waals surface area contributed by atoms with Gasteiger partial charge in [-0.3, -0.25) is 14.7 Å². The lowest BCUT2D eigenvalue weighted by Gasteiger charge is -2.07. The molecule has 1 amide bonds. The van der Waals surface area contributed by atoms with Crippen molar-refractivity contribution in [3.63, 3.8) is 0 Å². The Morgan fingerprint density at radius 1 is 1.22 bits per heavy atom. The summed E-state index contributed by atoms with van der Waals surface area (Å²) in [6.45, 7) is 0. The number of aliphatic imine (C=N–C) groups is 1. The number of hydrogen-bond donors (Lipinski definition) is 0. The molecule has 4 nitrogen and oxygen atoms in total. The molecule has 7 heteroatoms. The van der Waals surface area contributed by atoms with Gasteiger partial charge >= 0.3 is 0 Å². The number of benzene rings is 1. The monoisotopic (exact) mass is 363 g/mol. The predicted octanol–water partition coefficient (Wildman–Crippen LogP) is 4.62. The number of hydrogen-bond acceptors (Lipinski definition) is 4. The molecule has 0 aliphatic carbocycles. The Morgan fingerprint density at radius 2 is 2.00 bits per heavy atom. The number of pyridine rings is 1. The Bertz CT molecular complexity index is 836. The van der Waals surface area contributed by atoms with E-state index < -0.39 is 0 Å². The van der Waals surface area contributed by atoms with Crippen LogP contribution in [-0.4, -0.2) is 28.0 Å². The van der Waals surface area contributed by atoms with E-state index >= 15 is 0 Å². The van der Waals surface area contributed by atoms with E-state index in [1.54, 1.807) is 31.5 Å². The van der Waals surface area contributed by atoms with Crippen LogP contribution in [0.1, 0.15) is 5.56 Å². The molecule has 0 radical (unpaired) electrons. The van der Waals surface area contributed by atoms with E-state index in [0.29, 0.717) is 25.8 Å². The van der Waals surface area contributed by atoms with Gasteiger partial charge in [-0.2, -0.15) is 0 Å². The fourth-order valence-electron chi connectivity index (χ4n) is 1.95. The molecule has 0 bridgehead atoms. The smallest absolute Gasteiger partial charge is 0.266 e. The van der Waals surface area contributed by atoms with Gasteiger partial charge in [0, 0.05) is 24.5 Å². The van der Waals surface area contributed by atoms with Gasteiger partial charge in [0.25, 0.3) is 5.91 Å². The Balaban J connectivity index is 1.95. The van der Waals surface area contributed by atoms with E-state index in [0.717, 1.165) is 5.56 Å². The van der Waals surface area contributed by atoms with E-state index in [2.05, 4.69) is 9.98 Å². The molecule has 1 saturated heterocycles. The second kappa shape index (κ2) is 6.74. The Morgan fingerprint density at radius 3 is 2.74 bits per heavy atom. The largest absolute Gasteiger partial charge is 0.290 e. The minimum atomic E-state index is -0.126. The summed E-state index contributed by atoms with van der Waals surface area (Å²) >= 11 is 13.5. The predicted molar refractivity (Wildman–Crippen MR) is 96.1 cm³/mol. The zero-order valence-electron chi connectivity index (χ0n) is 12.0. The van der Waals surface area contributed by atoms with Crippen LogP contribution in [0.5, 0.6) is 0 Å². The lowest BCUT2D eigenvalue weighted by atomic mass is 10.2. The van der Waals surface area contributed by atoms with Crippen LogP contribution in [0.2, 0.25) is 10.0 Å². The Hall–Kier alpha value is -1.82. The molecule has 1 aliphatic heterocycles. The highest BCUT2D eigenvalue weighted by Crippen LogP contribution is 2.35. The van der Waals surface area contributed by atoms with Crippen molar-refractivity contribution < 1.29 is 4.79 Å². The number of rotatable bonds is 2. The number of nitrogens with zero attached hydrogens (tertiary/aromatic N) is 3. The molecule has 0 saturated carbocycles. The second-order valence-electron chi connectivity index (χ2n) is 4.72. The van der Waals surface area contributed by atoms with E-state index in [1.807, 2.05) is 18.2 Å². The molecule has 23 heavy (non-hydrogen) atoms. The molecule has 2 aromatic rings. The van der Waals surface area contributed by atoms with E-state index in [9.17, 15) is 4.79 Å². The normalized spacial score (nSPS) is 18.2. The van der Waals surface area contributed by atoms with Crippen LogP contribution in [0.25, 0.3) is 6.08 Å². The van der Waals surface area contributed by atoms with Gasteiger partial charge in [-0.25, -0.2) is 4.99 Å². The zero-order valence-corrected chi connectivity index (χ0v) is 14.4. The molecule has 2 heterocycles. The maximum absolute atomic E-state index is 12.4. The molecular weight excluding hydrogens is 353 g/mol. The average molecular weight is 364 g/mol. The Labute approximate surface area is 147 Å². The molecule has 1 aromatic heterocycles. The summed E-state index contributed by atoms with van der Waals surface area (Å²) in [4.78, 5) is 22.8. The van der Waals surface area contributed by atoms with E-state index in [1.165, 1.54) is 22.9 Å². The highest BCUT2D eigenvalue weighted by atomic mass is 35.5. The first-order valence-electron chi connectivity index (χ1n) is 6.66. The van der Waals surface area contributed by atoms with Crippen LogP contribution in [0.3, 0.4) is 0 Å². The van der Waals surface area contributed by atoms with Crippen molar-refractivity contribution in [1.82, 2.24) is 9.88 Å². The highest BCUT2D eigenvalue weighted by molar-refractivity contribution is 8.18. The molecule has 0 spiro atoms. The van der Waals surface area contributed by atoms with Gasteiger partial charge in [-0.15, -0.1) is 0 Å². The van der Waals surface area contributed by atoms with Gasteiger partial charge in [0.1, 0.15) is 0 Å². The molecule has 3 rings (SSSR count). The zero-order chi connectivity index (χ0) is 16.4. The molecule has 0 unspecified atom stereocenters. The van der Waals surface area contributed by atoms with Gasteiger partial charge < -0.3 is 0 Å². The van der Waals surface area contributed by atoms with Gasteiger partial charge in [0.15, 0.2) is 5.17 Å². The average Bonchev–Trinajstić information content (AvgIpc) is 2.80. The van der Waals surface area contributed by atoms with Crippen molar-refractivity contribution in [2.24, 2.45) is 4.99 Å². The van der Waals surface area contributed by atoms with Crippen molar-refractivity contribution in [2.75, 3.05) is 7.05 Å².